The highest BCUT2D eigenvalue weighted by molar-refractivity contribution is 7.99. The van der Waals surface area contributed by atoms with Gasteiger partial charge in [0.05, 0.1) is 6.26 Å². The van der Waals surface area contributed by atoms with Crippen molar-refractivity contribution in [2.24, 2.45) is 0 Å². The zero-order chi connectivity index (χ0) is 7.68. The molecular formula is C8H11NOS. The molecule has 0 amide bonds. The van der Waals surface area contributed by atoms with Gasteiger partial charge in [-0.05, 0) is 19.1 Å². The molecule has 2 nitrogen and oxygen atoms in total. The maximum Gasteiger partial charge on any atom is 0.130 e. The molecule has 3 heteroatoms. The molecule has 2 rings (SSSR count). The molecule has 1 aliphatic rings. The van der Waals surface area contributed by atoms with Crippen molar-refractivity contribution in [1.82, 2.24) is 5.32 Å². The molecule has 11 heavy (non-hydrogen) atoms. The van der Waals surface area contributed by atoms with Crippen LogP contribution in [0.15, 0.2) is 22.8 Å². The Morgan fingerprint density at radius 2 is 2.64 bits per heavy atom. The molecule has 1 aliphatic heterocycles. The van der Waals surface area contributed by atoms with E-state index in [0.29, 0.717) is 11.4 Å². The SMILES string of the molecule is CC1CSC(c2ccco2)N1. The molecule has 2 atom stereocenters. The van der Waals surface area contributed by atoms with Gasteiger partial charge in [-0.25, -0.2) is 0 Å². The van der Waals surface area contributed by atoms with E-state index in [2.05, 4.69) is 12.2 Å². The van der Waals surface area contributed by atoms with Crippen LogP contribution in [0.25, 0.3) is 0 Å². The molecule has 60 valence electrons. The van der Waals surface area contributed by atoms with Crippen LogP contribution in [0, 0.1) is 0 Å². The topological polar surface area (TPSA) is 25.2 Å². The second-order valence-corrected chi connectivity index (χ2v) is 3.93. The first kappa shape index (κ1) is 7.25. The lowest BCUT2D eigenvalue weighted by Gasteiger charge is -2.05. The quantitative estimate of drug-likeness (QED) is 0.696. The highest BCUT2D eigenvalue weighted by atomic mass is 32.2. The van der Waals surface area contributed by atoms with Crippen molar-refractivity contribution in [3.63, 3.8) is 0 Å². The molecule has 0 bridgehead atoms. The van der Waals surface area contributed by atoms with Gasteiger partial charge < -0.3 is 4.42 Å². The Morgan fingerprint density at radius 1 is 1.73 bits per heavy atom. The van der Waals surface area contributed by atoms with Crippen LogP contribution in [-0.4, -0.2) is 11.8 Å². The normalized spacial score (nSPS) is 31.0. The molecule has 0 spiro atoms. The Kier molecular flexibility index (Phi) is 1.92. The van der Waals surface area contributed by atoms with Gasteiger partial charge >= 0.3 is 0 Å². The van der Waals surface area contributed by atoms with Gasteiger partial charge in [-0.3, -0.25) is 5.32 Å². The minimum Gasteiger partial charge on any atom is -0.467 e. The van der Waals surface area contributed by atoms with Gasteiger partial charge in [0.15, 0.2) is 0 Å². The van der Waals surface area contributed by atoms with Crippen LogP contribution in [-0.2, 0) is 0 Å². The number of hydrogen-bond acceptors (Lipinski definition) is 3. The van der Waals surface area contributed by atoms with Gasteiger partial charge in [-0.15, -0.1) is 11.8 Å². The summed E-state index contributed by atoms with van der Waals surface area (Å²) in [5.41, 5.74) is 0. The summed E-state index contributed by atoms with van der Waals surface area (Å²) in [7, 11) is 0. The molecule has 1 saturated heterocycles. The smallest absolute Gasteiger partial charge is 0.130 e. The average molecular weight is 169 g/mol. The van der Waals surface area contributed by atoms with Crippen molar-refractivity contribution in [3.05, 3.63) is 24.2 Å². The van der Waals surface area contributed by atoms with Crippen LogP contribution in [0.3, 0.4) is 0 Å². The first-order chi connectivity index (χ1) is 5.36. The lowest BCUT2D eigenvalue weighted by Crippen LogP contribution is -2.21. The van der Waals surface area contributed by atoms with E-state index >= 15 is 0 Å². The van der Waals surface area contributed by atoms with Crippen LogP contribution in [0.2, 0.25) is 0 Å². The van der Waals surface area contributed by atoms with E-state index in [0.717, 1.165) is 5.76 Å². The van der Waals surface area contributed by atoms with Crippen LogP contribution in [0.1, 0.15) is 18.1 Å². The van der Waals surface area contributed by atoms with Crippen molar-refractivity contribution in [2.75, 3.05) is 5.75 Å². The largest absolute Gasteiger partial charge is 0.467 e. The van der Waals surface area contributed by atoms with Gasteiger partial charge in [-0.2, -0.15) is 0 Å². The van der Waals surface area contributed by atoms with E-state index in [4.69, 9.17) is 4.42 Å². The Labute approximate surface area is 70.4 Å². The lowest BCUT2D eigenvalue weighted by molar-refractivity contribution is 0.472. The molecule has 0 radical (unpaired) electrons. The number of nitrogens with one attached hydrogen (secondary N) is 1. The van der Waals surface area contributed by atoms with Gasteiger partial charge in [0.25, 0.3) is 0 Å². The van der Waals surface area contributed by atoms with Crippen molar-refractivity contribution in [1.29, 1.82) is 0 Å². The van der Waals surface area contributed by atoms with E-state index in [-0.39, 0.29) is 0 Å². The van der Waals surface area contributed by atoms with Crippen molar-refractivity contribution >= 4 is 11.8 Å². The summed E-state index contributed by atoms with van der Waals surface area (Å²) in [6.45, 7) is 2.19. The third kappa shape index (κ3) is 1.44. The summed E-state index contributed by atoms with van der Waals surface area (Å²) < 4.78 is 5.28. The van der Waals surface area contributed by atoms with Crippen molar-refractivity contribution in [3.8, 4) is 0 Å². The zero-order valence-electron chi connectivity index (χ0n) is 6.41. The fraction of sp³-hybridized carbons (Fsp3) is 0.500. The summed E-state index contributed by atoms with van der Waals surface area (Å²) in [6, 6.07) is 4.55. The molecule has 1 aromatic heterocycles. The first-order valence-corrected chi connectivity index (χ1v) is 4.82. The number of rotatable bonds is 1. The minimum absolute atomic E-state index is 0.375. The van der Waals surface area contributed by atoms with E-state index in [1.165, 1.54) is 5.75 Å². The summed E-state index contributed by atoms with van der Waals surface area (Å²) in [4.78, 5) is 0. The number of thioether (sulfide) groups is 1. The lowest BCUT2D eigenvalue weighted by atomic mass is 10.3. The first-order valence-electron chi connectivity index (χ1n) is 3.77. The monoisotopic (exact) mass is 169 g/mol. The van der Waals surface area contributed by atoms with Crippen LogP contribution in [0.5, 0.6) is 0 Å². The van der Waals surface area contributed by atoms with Crippen molar-refractivity contribution in [2.45, 2.75) is 18.3 Å². The second-order valence-electron chi connectivity index (χ2n) is 2.80. The highest BCUT2D eigenvalue weighted by Crippen LogP contribution is 2.32. The van der Waals surface area contributed by atoms with Crippen LogP contribution >= 0.6 is 11.8 Å². The zero-order valence-corrected chi connectivity index (χ0v) is 7.23. The third-order valence-electron chi connectivity index (χ3n) is 1.75. The van der Waals surface area contributed by atoms with Gasteiger partial charge in [0.2, 0.25) is 0 Å². The van der Waals surface area contributed by atoms with Crippen LogP contribution < -0.4 is 5.32 Å². The van der Waals surface area contributed by atoms with Crippen molar-refractivity contribution < 1.29 is 4.42 Å². The van der Waals surface area contributed by atoms with E-state index < -0.39 is 0 Å². The Hall–Kier alpha value is -0.410. The Morgan fingerprint density at radius 3 is 3.18 bits per heavy atom. The molecular weight excluding hydrogens is 158 g/mol. The number of furan rings is 1. The standard InChI is InChI=1S/C8H11NOS/c1-6-5-11-8(9-6)7-3-2-4-10-7/h2-4,6,8-9H,5H2,1H3. The van der Waals surface area contributed by atoms with Gasteiger partial charge in [-0.1, -0.05) is 0 Å². The summed E-state index contributed by atoms with van der Waals surface area (Å²) in [5.74, 6) is 2.21. The molecule has 1 fully saturated rings. The molecule has 2 unspecified atom stereocenters. The Bertz CT molecular complexity index is 222. The van der Waals surface area contributed by atoms with E-state index in [9.17, 15) is 0 Å². The predicted molar refractivity (Wildman–Crippen MR) is 46.5 cm³/mol. The second kappa shape index (κ2) is 2.91. The summed E-state index contributed by atoms with van der Waals surface area (Å²) in [6.07, 6.45) is 1.72. The summed E-state index contributed by atoms with van der Waals surface area (Å²) >= 11 is 1.90. The molecule has 2 heterocycles. The average Bonchev–Trinajstić information content (AvgIpc) is 2.55. The maximum atomic E-state index is 5.28. The van der Waals surface area contributed by atoms with Gasteiger partial charge in [0, 0.05) is 11.8 Å². The molecule has 1 aromatic rings. The molecule has 0 aromatic carbocycles. The van der Waals surface area contributed by atoms with E-state index in [1.54, 1.807) is 6.26 Å². The van der Waals surface area contributed by atoms with Crippen LogP contribution in [0.4, 0.5) is 0 Å². The third-order valence-corrected chi connectivity index (χ3v) is 3.14. The Balaban J connectivity index is 2.08. The fourth-order valence-corrected chi connectivity index (χ4v) is 2.40. The molecule has 1 N–H and O–H groups in total. The molecule has 0 saturated carbocycles. The van der Waals surface area contributed by atoms with E-state index in [1.807, 2.05) is 23.9 Å². The number of hydrogen-bond donors (Lipinski definition) is 1. The minimum atomic E-state index is 0.375. The molecule has 0 aliphatic carbocycles. The fourth-order valence-electron chi connectivity index (χ4n) is 1.20. The highest BCUT2D eigenvalue weighted by Gasteiger charge is 2.23. The summed E-state index contributed by atoms with van der Waals surface area (Å²) in [5, 5.41) is 3.80. The van der Waals surface area contributed by atoms with Gasteiger partial charge in [0.1, 0.15) is 11.1 Å². The maximum absolute atomic E-state index is 5.28. The predicted octanol–water partition coefficient (Wildman–Crippen LogP) is 2.00.